The number of rotatable bonds is 6. The van der Waals surface area contributed by atoms with Crippen LogP contribution in [0.1, 0.15) is 52.4 Å². The predicted molar refractivity (Wildman–Crippen MR) is 133 cm³/mol. The van der Waals surface area contributed by atoms with E-state index in [1.54, 1.807) is 7.11 Å². The molecule has 2 saturated heterocycles. The Bertz CT molecular complexity index is 884. The molecule has 0 radical (unpaired) electrons. The van der Waals surface area contributed by atoms with Crippen molar-refractivity contribution >= 4 is 23.5 Å². The summed E-state index contributed by atoms with van der Waals surface area (Å²) in [5.74, 6) is -0.666. The molecule has 4 rings (SSSR count). The highest BCUT2D eigenvalue weighted by Gasteiger charge is 2.62. The Hall–Kier alpha value is -2.71. The number of aliphatic carboxylic acids is 2. The number of carbonyl (C=O) groups excluding carboxylic acids is 1. The first-order valence-electron chi connectivity index (χ1n) is 12.5. The molecule has 0 aromatic heterocycles. The fourth-order valence-corrected chi connectivity index (χ4v) is 5.94. The second kappa shape index (κ2) is 11.8. The molecular weight excluding hydrogens is 448 g/mol. The van der Waals surface area contributed by atoms with E-state index in [4.69, 9.17) is 14.9 Å². The Labute approximate surface area is 207 Å². The molecule has 8 nitrogen and oxygen atoms in total. The summed E-state index contributed by atoms with van der Waals surface area (Å²) in [7, 11) is 1.69. The molecule has 1 aromatic carbocycles. The van der Waals surface area contributed by atoms with Gasteiger partial charge in [0.1, 0.15) is 0 Å². The number of β-lactam (4-membered cyclic amide) rings is 1. The van der Waals surface area contributed by atoms with Crippen LogP contribution in [0.5, 0.6) is 0 Å². The molecule has 0 bridgehead atoms. The van der Waals surface area contributed by atoms with Crippen molar-refractivity contribution in [2.45, 2.75) is 70.1 Å². The van der Waals surface area contributed by atoms with Gasteiger partial charge in [-0.15, -0.1) is 0 Å². The molecule has 35 heavy (non-hydrogen) atoms. The zero-order valence-electron chi connectivity index (χ0n) is 20.9. The van der Waals surface area contributed by atoms with E-state index in [1.165, 1.54) is 25.7 Å². The normalized spacial score (nSPS) is 26.3. The van der Waals surface area contributed by atoms with Crippen molar-refractivity contribution in [2.75, 3.05) is 25.1 Å². The first-order chi connectivity index (χ1) is 16.7. The van der Waals surface area contributed by atoms with Gasteiger partial charge in [-0.05, 0) is 62.5 Å². The summed E-state index contributed by atoms with van der Waals surface area (Å²) in [6.45, 7) is 6.89. The second-order valence-corrected chi connectivity index (χ2v) is 10.1. The first kappa shape index (κ1) is 26.9. The number of carboxylic acids is 2. The maximum Gasteiger partial charge on any atom is 0.328 e. The van der Waals surface area contributed by atoms with E-state index >= 15 is 0 Å². The molecule has 3 aliphatic rings. The average molecular weight is 487 g/mol. The molecule has 8 heteroatoms. The first-order valence-corrected chi connectivity index (χ1v) is 12.5. The van der Waals surface area contributed by atoms with Crippen molar-refractivity contribution in [3.8, 4) is 0 Å². The van der Waals surface area contributed by atoms with Crippen molar-refractivity contribution in [1.82, 2.24) is 4.90 Å². The number of para-hydroxylation sites is 1. The van der Waals surface area contributed by atoms with Crippen LogP contribution >= 0.6 is 0 Å². The highest BCUT2D eigenvalue weighted by Crippen LogP contribution is 2.46. The van der Waals surface area contributed by atoms with E-state index in [0.717, 1.165) is 49.5 Å². The van der Waals surface area contributed by atoms with E-state index in [1.807, 2.05) is 35.2 Å². The van der Waals surface area contributed by atoms with Crippen LogP contribution in [0.2, 0.25) is 0 Å². The SMILES string of the molecule is CO[C@H]1C(=O)N(c2ccccc2)C12CCN(C1CCC(C(C)C)CC1)CC2.O=C(O)/C=C/C(=O)O. The fourth-order valence-electron chi connectivity index (χ4n) is 5.94. The van der Waals surface area contributed by atoms with Crippen LogP contribution in [0, 0.1) is 11.8 Å². The van der Waals surface area contributed by atoms with Crippen LogP contribution in [0.3, 0.4) is 0 Å². The molecule has 1 saturated carbocycles. The minimum absolute atomic E-state index is 0.120. The molecule has 1 spiro atoms. The molecule has 2 heterocycles. The van der Waals surface area contributed by atoms with Crippen LogP contribution in [-0.4, -0.2) is 70.8 Å². The minimum atomic E-state index is -1.26. The number of anilines is 1. The van der Waals surface area contributed by atoms with Gasteiger partial charge in [-0.1, -0.05) is 32.0 Å². The molecular formula is C27H38N2O6. The fraction of sp³-hybridized carbons (Fsp3) is 0.593. The maximum absolute atomic E-state index is 12.7. The smallest absolute Gasteiger partial charge is 0.328 e. The van der Waals surface area contributed by atoms with Crippen LogP contribution < -0.4 is 4.90 Å². The monoisotopic (exact) mass is 486 g/mol. The van der Waals surface area contributed by atoms with Gasteiger partial charge in [0, 0.05) is 44.1 Å². The summed E-state index contributed by atoms with van der Waals surface area (Å²) in [6.07, 6.45) is 8.28. The number of benzene rings is 1. The summed E-state index contributed by atoms with van der Waals surface area (Å²) < 4.78 is 5.65. The summed E-state index contributed by atoms with van der Waals surface area (Å²) >= 11 is 0. The van der Waals surface area contributed by atoms with E-state index in [9.17, 15) is 14.4 Å². The second-order valence-electron chi connectivity index (χ2n) is 10.1. The molecule has 1 amide bonds. The molecule has 3 fully saturated rings. The Morgan fingerprint density at radius 3 is 2.00 bits per heavy atom. The van der Waals surface area contributed by atoms with E-state index < -0.39 is 11.9 Å². The van der Waals surface area contributed by atoms with Gasteiger partial charge in [0.15, 0.2) is 6.10 Å². The van der Waals surface area contributed by atoms with Crippen LogP contribution in [0.15, 0.2) is 42.5 Å². The summed E-state index contributed by atoms with van der Waals surface area (Å²) in [5.41, 5.74) is 0.862. The van der Waals surface area contributed by atoms with Gasteiger partial charge in [0.2, 0.25) is 0 Å². The van der Waals surface area contributed by atoms with Crippen LogP contribution in [0.25, 0.3) is 0 Å². The maximum atomic E-state index is 12.7. The number of nitrogens with zero attached hydrogens (tertiary/aromatic N) is 2. The Morgan fingerprint density at radius 2 is 1.54 bits per heavy atom. The molecule has 2 N–H and O–H groups in total. The average Bonchev–Trinajstić information content (AvgIpc) is 2.84. The van der Waals surface area contributed by atoms with Gasteiger partial charge < -0.3 is 24.7 Å². The van der Waals surface area contributed by atoms with Crippen molar-refractivity contribution < 1.29 is 29.3 Å². The van der Waals surface area contributed by atoms with E-state index in [0.29, 0.717) is 12.2 Å². The number of amides is 1. The van der Waals surface area contributed by atoms with Gasteiger partial charge in [-0.3, -0.25) is 4.79 Å². The van der Waals surface area contributed by atoms with Crippen molar-refractivity contribution in [2.24, 2.45) is 11.8 Å². The number of ether oxygens (including phenoxy) is 1. The van der Waals surface area contributed by atoms with Gasteiger partial charge in [-0.25, -0.2) is 9.59 Å². The molecule has 1 atom stereocenters. The number of hydrogen-bond acceptors (Lipinski definition) is 5. The lowest BCUT2D eigenvalue weighted by molar-refractivity contribution is -0.151. The third-order valence-corrected chi connectivity index (χ3v) is 7.86. The molecule has 192 valence electrons. The zero-order chi connectivity index (χ0) is 25.6. The Morgan fingerprint density at radius 1 is 1.00 bits per heavy atom. The van der Waals surface area contributed by atoms with E-state index in [2.05, 4.69) is 18.7 Å². The third kappa shape index (κ3) is 6.11. The third-order valence-electron chi connectivity index (χ3n) is 7.86. The number of likely N-dealkylation sites (tertiary alicyclic amines) is 1. The van der Waals surface area contributed by atoms with Crippen LogP contribution in [-0.2, 0) is 19.1 Å². The van der Waals surface area contributed by atoms with Crippen molar-refractivity contribution in [3.05, 3.63) is 42.5 Å². The predicted octanol–water partition coefficient (Wildman–Crippen LogP) is 3.81. The Kier molecular flexibility index (Phi) is 9.08. The number of methoxy groups -OCH3 is 1. The van der Waals surface area contributed by atoms with Gasteiger partial charge >= 0.3 is 11.9 Å². The number of carbonyl (C=O) groups is 3. The van der Waals surface area contributed by atoms with Crippen molar-refractivity contribution in [3.63, 3.8) is 0 Å². The van der Waals surface area contributed by atoms with Gasteiger partial charge in [0.05, 0.1) is 5.54 Å². The highest BCUT2D eigenvalue weighted by molar-refractivity contribution is 6.06. The van der Waals surface area contributed by atoms with Gasteiger partial charge in [0.25, 0.3) is 5.91 Å². The largest absolute Gasteiger partial charge is 0.478 e. The standard InChI is InChI=1S/C23H34N2O2.C4H4O4/c1-17(2)18-9-11-19(12-10-18)24-15-13-23(14-16-24)21(27-3)22(26)25(23)20-7-5-4-6-8-20;5-3(6)1-2-4(7)8/h4-8,17-19,21H,9-16H2,1-3H3;1-2H,(H,5,6)(H,7,8)/b;2-1+/t18?,19?,21-;/m0./s1. The summed E-state index contributed by atoms with van der Waals surface area (Å²) in [4.78, 5) is 36.6. The Balaban J connectivity index is 0.000000371. The van der Waals surface area contributed by atoms with Gasteiger partial charge in [-0.2, -0.15) is 0 Å². The number of piperidine rings is 1. The van der Waals surface area contributed by atoms with Crippen molar-refractivity contribution in [1.29, 1.82) is 0 Å². The summed E-state index contributed by atoms with van der Waals surface area (Å²) in [6, 6.07) is 10.9. The topological polar surface area (TPSA) is 107 Å². The minimum Gasteiger partial charge on any atom is -0.478 e. The highest BCUT2D eigenvalue weighted by atomic mass is 16.5. The summed E-state index contributed by atoms with van der Waals surface area (Å²) in [5, 5.41) is 15.6. The van der Waals surface area contributed by atoms with E-state index in [-0.39, 0.29) is 17.6 Å². The molecule has 2 aliphatic heterocycles. The molecule has 0 unspecified atom stereocenters. The lowest BCUT2D eigenvalue weighted by atomic mass is 9.71. The lowest BCUT2D eigenvalue weighted by Gasteiger charge is -2.60. The van der Waals surface area contributed by atoms with Crippen LogP contribution in [0.4, 0.5) is 5.69 Å². The quantitative estimate of drug-likeness (QED) is 0.465. The molecule has 1 aliphatic carbocycles. The lowest BCUT2D eigenvalue weighted by Crippen LogP contribution is -2.78. The number of hydrogen-bond donors (Lipinski definition) is 2. The number of carboxylic acid groups (broad SMARTS) is 2. The molecule has 1 aromatic rings. The zero-order valence-corrected chi connectivity index (χ0v) is 20.9.